The Labute approximate surface area is 120 Å². The van der Waals surface area contributed by atoms with Crippen LogP contribution in [-0.4, -0.2) is 32.9 Å². The third-order valence-electron chi connectivity index (χ3n) is 2.42. The Kier molecular flexibility index (Phi) is 5.93. The Morgan fingerprint density at radius 1 is 1.42 bits per heavy atom. The molecule has 1 aromatic carbocycles. The summed E-state index contributed by atoms with van der Waals surface area (Å²) in [4.78, 5) is 11.4. The molecule has 0 heterocycles. The number of carbonyl (C=O) groups is 1. The van der Waals surface area contributed by atoms with E-state index < -0.39 is 9.84 Å². The van der Waals surface area contributed by atoms with E-state index >= 15 is 0 Å². The Morgan fingerprint density at radius 3 is 2.74 bits per heavy atom. The minimum atomic E-state index is -3.14. The molecule has 0 aliphatic carbocycles. The van der Waals surface area contributed by atoms with Crippen molar-refractivity contribution in [3.05, 3.63) is 34.1 Å². The fraction of sp³-hybridized carbons (Fsp3) is 0.417. The number of nitrogens with one attached hydrogen (secondary N) is 1. The normalized spacial score (nSPS) is 11.3. The highest BCUT2D eigenvalue weighted by Gasteiger charge is 2.08. The van der Waals surface area contributed by atoms with Crippen LogP contribution in [0.3, 0.4) is 0 Å². The van der Waals surface area contributed by atoms with Crippen molar-refractivity contribution in [2.24, 2.45) is 0 Å². The number of hydrogen-bond donors (Lipinski definition) is 1. The summed E-state index contributed by atoms with van der Waals surface area (Å²) in [7, 11) is -3.14. The summed E-state index contributed by atoms with van der Waals surface area (Å²) in [6.07, 6.45) is 1.37. The lowest BCUT2D eigenvalue weighted by molar-refractivity contribution is -0.120. The number of rotatable bonds is 6. The molecule has 0 saturated carbocycles. The lowest BCUT2D eigenvalue weighted by atomic mass is 10.1. The summed E-state index contributed by atoms with van der Waals surface area (Å²) in [6.45, 7) is 0.274. The van der Waals surface area contributed by atoms with Crippen molar-refractivity contribution < 1.29 is 17.6 Å². The van der Waals surface area contributed by atoms with Crippen molar-refractivity contribution in [1.82, 2.24) is 5.32 Å². The first-order valence-electron chi connectivity index (χ1n) is 5.66. The summed E-state index contributed by atoms with van der Waals surface area (Å²) in [6, 6.07) is 4.60. The van der Waals surface area contributed by atoms with Crippen LogP contribution in [0.4, 0.5) is 4.39 Å². The third kappa shape index (κ3) is 6.68. The Balaban J connectivity index is 2.38. The molecular weight excluding hydrogens is 337 g/mol. The first-order chi connectivity index (χ1) is 8.78. The summed E-state index contributed by atoms with van der Waals surface area (Å²) in [5.41, 5.74) is 0.498. The summed E-state index contributed by atoms with van der Waals surface area (Å²) in [5.74, 6) is -0.848. The van der Waals surface area contributed by atoms with E-state index in [0.29, 0.717) is 12.0 Å². The molecule has 0 aliphatic heterocycles. The zero-order chi connectivity index (χ0) is 14.5. The number of benzene rings is 1. The molecule has 0 atom stereocenters. The lowest BCUT2D eigenvalue weighted by Gasteiger charge is -2.06. The highest BCUT2D eigenvalue weighted by Crippen LogP contribution is 2.15. The highest BCUT2D eigenvalue weighted by atomic mass is 79.9. The van der Waals surface area contributed by atoms with E-state index in [0.717, 1.165) is 10.7 Å². The molecule has 0 bridgehead atoms. The van der Waals surface area contributed by atoms with E-state index in [1.807, 2.05) is 0 Å². The topological polar surface area (TPSA) is 63.2 Å². The Morgan fingerprint density at radius 2 is 2.11 bits per heavy atom. The van der Waals surface area contributed by atoms with E-state index in [4.69, 9.17) is 0 Å². The van der Waals surface area contributed by atoms with Crippen LogP contribution in [0.2, 0.25) is 0 Å². The molecule has 19 heavy (non-hydrogen) atoms. The molecule has 0 radical (unpaired) electrons. The van der Waals surface area contributed by atoms with Gasteiger partial charge in [-0.25, -0.2) is 12.8 Å². The maximum Gasteiger partial charge on any atom is 0.221 e. The number of sulfone groups is 1. The van der Waals surface area contributed by atoms with Gasteiger partial charge in [0.1, 0.15) is 15.7 Å². The molecule has 0 saturated heterocycles. The molecule has 4 nitrogen and oxygen atoms in total. The molecule has 0 unspecified atom stereocenters. The van der Waals surface area contributed by atoms with Gasteiger partial charge in [-0.1, -0.05) is 15.9 Å². The van der Waals surface area contributed by atoms with Crippen molar-refractivity contribution in [1.29, 1.82) is 0 Å². The van der Waals surface area contributed by atoms with Crippen LogP contribution >= 0.6 is 15.9 Å². The van der Waals surface area contributed by atoms with Crippen molar-refractivity contribution in [2.75, 3.05) is 18.6 Å². The first-order valence-corrected chi connectivity index (χ1v) is 8.51. The first kappa shape index (κ1) is 16.1. The smallest absolute Gasteiger partial charge is 0.221 e. The average molecular weight is 352 g/mol. The molecule has 0 aromatic heterocycles. The molecule has 0 fully saturated rings. The predicted molar refractivity (Wildman–Crippen MR) is 75.1 cm³/mol. The van der Waals surface area contributed by atoms with Gasteiger partial charge in [-0.05, 0) is 30.2 Å². The predicted octanol–water partition coefficient (Wildman–Crippen LogP) is 1.68. The van der Waals surface area contributed by atoms with Gasteiger partial charge < -0.3 is 5.32 Å². The van der Waals surface area contributed by atoms with Gasteiger partial charge >= 0.3 is 0 Å². The molecule has 1 rings (SSSR count). The standard InChI is InChI=1S/C12H15BrFNO3S/c1-19(17,18)7-5-12(16)15-6-4-9-8-10(13)2-3-11(9)14/h2-3,8H,4-7H2,1H3,(H,15,16). The highest BCUT2D eigenvalue weighted by molar-refractivity contribution is 9.10. The molecule has 0 spiro atoms. The number of amides is 1. The van der Waals surface area contributed by atoms with Crippen LogP contribution in [0.25, 0.3) is 0 Å². The number of hydrogen-bond acceptors (Lipinski definition) is 3. The van der Waals surface area contributed by atoms with Crippen LogP contribution in [-0.2, 0) is 21.1 Å². The van der Waals surface area contributed by atoms with E-state index in [1.165, 1.54) is 6.07 Å². The van der Waals surface area contributed by atoms with Gasteiger partial charge in [0, 0.05) is 23.7 Å². The minimum Gasteiger partial charge on any atom is -0.356 e. The molecule has 1 N–H and O–H groups in total. The SMILES string of the molecule is CS(=O)(=O)CCC(=O)NCCc1cc(Br)ccc1F. The van der Waals surface area contributed by atoms with E-state index in [1.54, 1.807) is 12.1 Å². The second-order valence-corrected chi connectivity index (χ2v) is 7.39. The maximum absolute atomic E-state index is 13.4. The molecule has 0 aliphatic rings. The summed E-state index contributed by atoms with van der Waals surface area (Å²) >= 11 is 3.24. The molecule has 1 amide bonds. The number of halogens is 2. The van der Waals surface area contributed by atoms with Gasteiger partial charge in [-0.15, -0.1) is 0 Å². The summed E-state index contributed by atoms with van der Waals surface area (Å²) in [5, 5.41) is 2.57. The van der Waals surface area contributed by atoms with Gasteiger partial charge in [0.2, 0.25) is 5.91 Å². The van der Waals surface area contributed by atoms with Gasteiger partial charge in [-0.3, -0.25) is 4.79 Å². The fourth-order valence-corrected chi connectivity index (χ4v) is 2.40. The van der Waals surface area contributed by atoms with E-state index in [2.05, 4.69) is 21.2 Å². The monoisotopic (exact) mass is 351 g/mol. The van der Waals surface area contributed by atoms with Gasteiger partial charge in [-0.2, -0.15) is 0 Å². The zero-order valence-electron chi connectivity index (χ0n) is 10.4. The van der Waals surface area contributed by atoms with Crippen LogP contribution in [0.15, 0.2) is 22.7 Å². The Bertz CT molecular complexity index is 560. The average Bonchev–Trinajstić information content (AvgIpc) is 2.30. The van der Waals surface area contributed by atoms with Gasteiger partial charge in [0.05, 0.1) is 5.75 Å². The largest absolute Gasteiger partial charge is 0.356 e. The zero-order valence-corrected chi connectivity index (χ0v) is 12.9. The summed E-state index contributed by atoms with van der Waals surface area (Å²) < 4.78 is 35.9. The van der Waals surface area contributed by atoms with Crippen LogP contribution in [0.1, 0.15) is 12.0 Å². The quantitative estimate of drug-likeness (QED) is 0.847. The Hall–Kier alpha value is -0.950. The minimum absolute atomic E-state index is 0.0696. The van der Waals surface area contributed by atoms with Gasteiger partial charge in [0.15, 0.2) is 0 Å². The van der Waals surface area contributed by atoms with Crippen molar-refractivity contribution in [3.63, 3.8) is 0 Å². The number of carbonyl (C=O) groups excluding carboxylic acids is 1. The van der Waals surface area contributed by atoms with E-state index in [9.17, 15) is 17.6 Å². The fourth-order valence-electron chi connectivity index (χ4n) is 1.44. The molecule has 1 aromatic rings. The van der Waals surface area contributed by atoms with Crippen LogP contribution in [0, 0.1) is 5.82 Å². The second kappa shape index (κ2) is 7.00. The van der Waals surface area contributed by atoms with Gasteiger partial charge in [0.25, 0.3) is 0 Å². The third-order valence-corrected chi connectivity index (χ3v) is 3.86. The maximum atomic E-state index is 13.4. The molecule has 106 valence electrons. The van der Waals surface area contributed by atoms with Crippen molar-refractivity contribution in [2.45, 2.75) is 12.8 Å². The van der Waals surface area contributed by atoms with Crippen molar-refractivity contribution in [3.8, 4) is 0 Å². The molecule has 7 heteroatoms. The lowest BCUT2D eigenvalue weighted by Crippen LogP contribution is -2.27. The van der Waals surface area contributed by atoms with Crippen molar-refractivity contribution >= 4 is 31.7 Å². The van der Waals surface area contributed by atoms with Crippen LogP contribution < -0.4 is 5.32 Å². The van der Waals surface area contributed by atoms with Crippen LogP contribution in [0.5, 0.6) is 0 Å². The van der Waals surface area contributed by atoms with E-state index in [-0.39, 0.29) is 30.4 Å². The second-order valence-electron chi connectivity index (χ2n) is 4.22. The molecular formula is C12H15BrFNO3S.